The number of rotatable bonds is 3. The van der Waals surface area contributed by atoms with Gasteiger partial charge < -0.3 is 14.5 Å². The van der Waals surface area contributed by atoms with E-state index < -0.39 is 0 Å². The number of amides is 2. The van der Waals surface area contributed by atoms with Crippen molar-refractivity contribution in [1.29, 1.82) is 0 Å². The Bertz CT molecular complexity index is 648. The summed E-state index contributed by atoms with van der Waals surface area (Å²) in [7, 11) is 0. The third kappa shape index (κ3) is 3.61. The SMILES string of the molecule is O=C1C[C@H](C(=O)N2CCC3(CCOCC3)CC2)CN1Cc1ccncc1. The normalized spacial score (nSPS) is 25.7. The van der Waals surface area contributed by atoms with E-state index >= 15 is 0 Å². The van der Waals surface area contributed by atoms with Crippen molar-refractivity contribution in [3.05, 3.63) is 30.1 Å². The number of piperidine rings is 1. The van der Waals surface area contributed by atoms with Gasteiger partial charge >= 0.3 is 0 Å². The van der Waals surface area contributed by atoms with Crippen LogP contribution in [-0.4, -0.2) is 59.4 Å². The molecule has 140 valence electrons. The molecule has 0 aromatic carbocycles. The zero-order valence-electron chi connectivity index (χ0n) is 15.2. The molecule has 0 bridgehead atoms. The van der Waals surface area contributed by atoms with Gasteiger partial charge in [0.1, 0.15) is 0 Å². The zero-order chi connectivity index (χ0) is 18.0. The minimum Gasteiger partial charge on any atom is -0.381 e. The second-order valence-electron chi connectivity index (χ2n) is 7.97. The standard InChI is InChI=1S/C20H27N3O3/c24-18-13-17(15-23(18)14-16-1-7-21-8-2-16)19(25)22-9-3-20(4-10-22)5-11-26-12-6-20/h1-2,7-8,17H,3-6,9-15H2/t17-/m0/s1. The lowest BCUT2D eigenvalue weighted by atomic mass is 9.72. The van der Waals surface area contributed by atoms with Crippen LogP contribution in [0.25, 0.3) is 0 Å². The lowest BCUT2D eigenvalue weighted by Crippen LogP contribution is -2.47. The van der Waals surface area contributed by atoms with Gasteiger partial charge in [-0.05, 0) is 48.8 Å². The first-order valence-electron chi connectivity index (χ1n) is 9.68. The predicted octanol–water partition coefficient (Wildman–Crippen LogP) is 1.85. The fraction of sp³-hybridized carbons (Fsp3) is 0.650. The molecular weight excluding hydrogens is 330 g/mol. The average molecular weight is 357 g/mol. The Morgan fingerprint density at radius 3 is 2.54 bits per heavy atom. The van der Waals surface area contributed by atoms with E-state index in [4.69, 9.17) is 4.74 Å². The van der Waals surface area contributed by atoms with Crippen molar-refractivity contribution in [3.8, 4) is 0 Å². The molecule has 0 N–H and O–H groups in total. The van der Waals surface area contributed by atoms with Crippen molar-refractivity contribution in [2.75, 3.05) is 32.8 Å². The summed E-state index contributed by atoms with van der Waals surface area (Å²) in [5.41, 5.74) is 1.44. The van der Waals surface area contributed by atoms with Gasteiger partial charge in [-0.2, -0.15) is 0 Å². The van der Waals surface area contributed by atoms with Crippen LogP contribution < -0.4 is 0 Å². The monoisotopic (exact) mass is 357 g/mol. The Morgan fingerprint density at radius 2 is 1.85 bits per heavy atom. The van der Waals surface area contributed by atoms with Crippen molar-refractivity contribution in [1.82, 2.24) is 14.8 Å². The summed E-state index contributed by atoms with van der Waals surface area (Å²) in [6.45, 7) is 4.47. The first kappa shape index (κ1) is 17.5. The summed E-state index contributed by atoms with van der Waals surface area (Å²) in [4.78, 5) is 33.1. The van der Waals surface area contributed by atoms with Crippen LogP contribution in [0.3, 0.4) is 0 Å². The first-order valence-corrected chi connectivity index (χ1v) is 9.68. The van der Waals surface area contributed by atoms with E-state index in [1.54, 1.807) is 12.4 Å². The first-order chi connectivity index (χ1) is 12.7. The van der Waals surface area contributed by atoms with E-state index in [1.165, 1.54) is 0 Å². The number of aromatic nitrogens is 1. The van der Waals surface area contributed by atoms with Crippen LogP contribution in [0.2, 0.25) is 0 Å². The van der Waals surface area contributed by atoms with Crippen LogP contribution in [0, 0.1) is 11.3 Å². The summed E-state index contributed by atoms with van der Waals surface area (Å²) in [6.07, 6.45) is 8.20. The summed E-state index contributed by atoms with van der Waals surface area (Å²) < 4.78 is 5.50. The topological polar surface area (TPSA) is 62.7 Å². The van der Waals surface area contributed by atoms with Crippen molar-refractivity contribution in [2.45, 2.75) is 38.6 Å². The van der Waals surface area contributed by atoms with Crippen LogP contribution in [-0.2, 0) is 20.9 Å². The molecule has 0 aliphatic carbocycles. The molecule has 4 heterocycles. The largest absolute Gasteiger partial charge is 0.381 e. The summed E-state index contributed by atoms with van der Waals surface area (Å²) in [5.74, 6) is 0.0589. The van der Waals surface area contributed by atoms with Crippen LogP contribution in [0.1, 0.15) is 37.7 Å². The molecule has 0 saturated carbocycles. The highest BCUT2D eigenvalue weighted by Crippen LogP contribution is 2.41. The van der Waals surface area contributed by atoms with E-state index in [2.05, 4.69) is 4.98 Å². The second-order valence-corrected chi connectivity index (χ2v) is 7.97. The van der Waals surface area contributed by atoms with Crippen molar-refractivity contribution in [3.63, 3.8) is 0 Å². The molecule has 2 amide bonds. The van der Waals surface area contributed by atoms with E-state index in [0.29, 0.717) is 24.9 Å². The molecule has 3 saturated heterocycles. The molecule has 1 spiro atoms. The molecule has 6 nitrogen and oxygen atoms in total. The number of hydrogen-bond donors (Lipinski definition) is 0. The average Bonchev–Trinajstić information content (AvgIpc) is 3.04. The van der Waals surface area contributed by atoms with Crippen LogP contribution in [0.15, 0.2) is 24.5 Å². The number of nitrogens with zero attached hydrogens (tertiary/aromatic N) is 3. The van der Waals surface area contributed by atoms with Gasteiger partial charge in [-0.15, -0.1) is 0 Å². The smallest absolute Gasteiger partial charge is 0.227 e. The molecule has 1 aromatic rings. The van der Waals surface area contributed by atoms with Gasteiger partial charge in [0, 0.05) is 58.2 Å². The van der Waals surface area contributed by atoms with Crippen LogP contribution >= 0.6 is 0 Å². The molecule has 0 unspecified atom stereocenters. The highest BCUT2D eigenvalue weighted by molar-refractivity contribution is 5.89. The Labute approximate surface area is 154 Å². The number of likely N-dealkylation sites (tertiary alicyclic amines) is 2. The number of carbonyl (C=O) groups excluding carboxylic acids is 2. The van der Waals surface area contributed by atoms with E-state index in [-0.39, 0.29) is 17.7 Å². The number of pyridine rings is 1. The Balaban J connectivity index is 1.32. The molecule has 0 radical (unpaired) electrons. The third-order valence-corrected chi connectivity index (χ3v) is 6.38. The van der Waals surface area contributed by atoms with Crippen molar-refractivity contribution >= 4 is 11.8 Å². The quantitative estimate of drug-likeness (QED) is 0.828. The van der Waals surface area contributed by atoms with Crippen molar-refractivity contribution < 1.29 is 14.3 Å². The molecular formula is C20H27N3O3. The van der Waals surface area contributed by atoms with Gasteiger partial charge in [0.25, 0.3) is 0 Å². The Morgan fingerprint density at radius 1 is 1.15 bits per heavy atom. The van der Waals surface area contributed by atoms with Gasteiger partial charge in [-0.25, -0.2) is 0 Å². The molecule has 3 fully saturated rings. The van der Waals surface area contributed by atoms with Crippen molar-refractivity contribution in [2.24, 2.45) is 11.3 Å². The van der Waals surface area contributed by atoms with Gasteiger partial charge in [0.2, 0.25) is 11.8 Å². The minimum atomic E-state index is -0.187. The summed E-state index contributed by atoms with van der Waals surface area (Å²) in [6, 6.07) is 3.83. The lowest BCUT2D eigenvalue weighted by molar-refractivity contribution is -0.139. The highest BCUT2D eigenvalue weighted by Gasteiger charge is 2.41. The van der Waals surface area contributed by atoms with Crippen LogP contribution in [0.5, 0.6) is 0 Å². The van der Waals surface area contributed by atoms with E-state index in [1.807, 2.05) is 21.9 Å². The molecule has 1 atom stereocenters. The summed E-state index contributed by atoms with van der Waals surface area (Å²) in [5, 5.41) is 0. The fourth-order valence-electron chi connectivity index (χ4n) is 4.56. The molecule has 3 aliphatic heterocycles. The maximum atomic E-state index is 12.9. The molecule has 26 heavy (non-hydrogen) atoms. The predicted molar refractivity (Wildman–Crippen MR) is 96.1 cm³/mol. The molecule has 4 rings (SSSR count). The molecule has 1 aromatic heterocycles. The minimum absolute atomic E-state index is 0.0815. The van der Waals surface area contributed by atoms with E-state index in [9.17, 15) is 9.59 Å². The number of ether oxygens (including phenoxy) is 1. The molecule has 3 aliphatic rings. The van der Waals surface area contributed by atoms with Gasteiger partial charge in [-0.3, -0.25) is 14.6 Å². The van der Waals surface area contributed by atoms with Gasteiger partial charge in [0.15, 0.2) is 0 Å². The molecule has 6 heteroatoms. The fourth-order valence-corrected chi connectivity index (χ4v) is 4.56. The maximum absolute atomic E-state index is 12.9. The highest BCUT2D eigenvalue weighted by atomic mass is 16.5. The van der Waals surface area contributed by atoms with Gasteiger partial charge in [-0.1, -0.05) is 0 Å². The Kier molecular flexibility index (Phi) is 4.94. The number of carbonyl (C=O) groups is 2. The number of hydrogen-bond acceptors (Lipinski definition) is 4. The van der Waals surface area contributed by atoms with E-state index in [0.717, 1.165) is 57.6 Å². The summed E-state index contributed by atoms with van der Waals surface area (Å²) >= 11 is 0. The Hall–Kier alpha value is -1.95. The maximum Gasteiger partial charge on any atom is 0.227 e. The van der Waals surface area contributed by atoms with Gasteiger partial charge in [0.05, 0.1) is 5.92 Å². The zero-order valence-corrected chi connectivity index (χ0v) is 15.2. The third-order valence-electron chi connectivity index (χ3n) is 6.38. The lowest BCUT2D eigenvalue weighted by Gasteiger charge is -2.44. The van der Waals surface area contributed by atoms with Crippen LogP contribution in [0.4, 0.5) is 0 Å². The second kappa shape index (κ2) is 7.35.